The second-order valence-electron chi connectivity index (χ2n) is 9.63. The number of benzene rings is 2. The normalized spacial score (nSPS) is 17.7. The van der Waals surface area contributed by atoms with Gasteiger partial charge in [0.1, 0.15) is 8.07 Å². The third kappa shape index (κ3) is 4.29. The van der Waals surface area contributed by atoms with Crippen LogP contribution in [0.1, 0.15) is 11.1 Å². The number of ether oxygens (including phenoxy) is 1. The summed E-state index contributed by atoms with van der Waals surface area (Å²) in [7, 11) is 6.67. The van der Waals surface area contributed by atoms with Gasteiger partial charge in [0.25, 0.3) is 0 Å². The van der Waals surface area contributed by atoms with E-state index < -0.39 is 8.07 Å². The van der Waals surface area contributed by atoms with Gasteiger partial charge in [0.05, 0.1) is 19.8 Å². The van der Waals surface area contributed by atoms with Gasteiger partial charge in [-0.3, -0.25) is 4.90 Å². The fourth-order valence-corrected chi connectivity index (χ4v) is 7.81. The molecule has 1 fully saturated rings. The lowest BCUT2D eigenvalue weighted by atomic mass is 10.00. The molecule has 0 amide bonds. The van der Waals surface area contributed by atoms with Crippen molar-refractivity contribution >= 4 is 35.5 Å². The Hall–Kier alpha value is -2.15. The molecule has 2 aromatic rings. The van der Waals surface area contributed by atoms with Crippen molar-refractivity contribution < 1.29 is 9.73 Å². The third-order valence-corrected chi connectivity index (χ3v) is 10.3. The first kappa shape index (κ1) is 22.1. The summed E-state index contributed by atoms with van der Waals surface area (Å²) in [5, 5.41) is 3.05. The summed E-state index contributed by atoms with van der Waals surface area (Å²) in [6.45, 7) is 10.7. The molecule has 2 aromatic carbocycles. The summed E-state index contributed by atoms with van der Waals surface area (Å²) in [6, 6.07) is 14.0. The first-order chi connectivity index (χ1) is 14.8. The number of rotatable bonds is 5. The molecule has 2 heterocycles. The predicted molar refractivity (Wildman–Crippen MR) is 135 cm³/mol. The van der Waals surface area contributed by atoms with Crippen molar-refractivity contribution in [2.24, 2.45) is 0 Å². The lowest BCUT2D eigenvalue weighted by Gasteiger charge is -2.34. The van der Waals surface area contributed by atoms with Crippen molar-refractivity contribution in [2.45, 2.75) is 13.1 Å². The van der Waals surface area contributed by atoms with Gasteiger partial charge in [0.15, 0.2) is 6.54 Å². The minimum absolute atomic E-state index is 0.850. The van der Waals surface area contributed by atoms with Gasteiger partial charge in [-0.05, 0) is 46.8 Å². The van der Waals surface area contributed by atoms with Gasteiger partial charge >= 0.3 is 0 Å². The number of morpholine rings is 1. The van der Waals surface area contributed by atoms with E-state index in [0.29, 0.717) is 0 Å². The molecule has 0 aromatic heterocycles. The first-order valence-electron chi connectivity index (χ1n) is 11.3. The molecule has 6 heteroatoms. The number of anilines is 2. The average Bonchev–Trinajstić information content (AvgIpc) is 2.76. The molecule has 166 valence electrons. The van der Waals surface area contributed by atoms with E-state index in [2.05, 4.69) is 97.4 Å². The lowest BCUT2D eigenvalue weighted by Crippen LogP contribution is -2.78. The van der Waals surface area contributed by atoms with Gasteiger partial charge in [-0.2, -0.15) is 0 Å². The highest BCUT2D eigenvalue weighted by Crippen LogP contribution is 2.24. The van der Waals surface area contributed by atoms with Crippen molar-refractivity contribution in [3.8, 4) is 0 Å². The average molecular weight is 438 g/mol. The third-order valence-electron chi connectivity index (χ3n) is 6.76. The molecular weight excluding hydrogens is 400 g/mol. The van der Waals surface area contributed by atoms with Crippen LogP contribution >= 0.6 is 0 Å². The molecule has 2 aliphatic heterocycles. The fraction of sp³-hybridized carbons (Fsp3) is 0.480. The van der Waals surface area contributed by atoms with E-state index in [1.54, 1.807) is 0 Å². The predicted octanol–water partition coefficient (Wildman–Crippen LogP) is 0.205. The Morgan fingerprint density at radius 1 is 0.871 bits per heavy atom. The maximum Gasteiger partial charge on any atom is 0.212 e. The minimum atomic E-state index is -1.84. The smallest absolute Gasteiger partial charge is 0.212 e. The molecular formula is C25H37N4OSi+. The second kappa shape index (κ2) is 8.77. The number of hydrogen-bond acceptors (Lipinski definition) is 4. The molecule has 0 aliphatic carbocycles. The van der Waals surface area contributed by atoms with E-state index in [4.69, 9.17) is 4.74 Å². The molecule has 0 radical (unpaired) electrons. The highest BCUT2D eigenvalue weighted by atomic mass is 28.3. The zero-order valence-electron chi connectivity index (χ0n) is 20.0. The molecule has 0 bridgehead atoms. The van der Waals surface area contributed by atoms with Crippen LogP contribution in [0.4, 0.5) is 11.4 Å². The summed E-state index contributed by atoms with van der Waals surface area (Å²) < 4.78 is 5.50. The van der Waals surface area contributed by atoms with Crippen molar-refractivity contribution in [1.29, 1.82) is 0 Å². The SMILES string of the molecule is CN(C)c1ccc2c(c1)[Si](C)(C)c1cc(N(C)C)ccc1C2=[NH+]CCN1CCOCC1. The van der Waals surface area contributed by atoms with E-state index in [0.717, 1.165) is 39.4 Å². The van der Waals surface area contributed by atoms with Crippen LogP contribution in [0.15, 0.2) is 36.4 Å². The summed E-state index contributed by atoms with van der Waals surface area (Å²) in [5.41, 5.74) is 6.61. The van der Waals surface area contributed by atoms with E-state index in [-0.39, 0.29) is 0 Å². The second-order valence-corrected chi connectivity index (χ2v) is 14.0. The van der Waals surface area contributed by atoms with Crippen molar-refractivity contribution in [2.75, 3.05) is 77.4 Å². The summed E-state index contributed by atoms with van der Waals surface area (Å²) in [5.74, 6) is 0. The number of nitrogens with one attached hydrogen (secondary N) is 1. The Labute approximate surface area is 188 Å². The molecule has 1 N–H and O–H groups in total. The summed E-state index contributed by atoms with van der Waals surface area (Å²) in [4.78, 5) is 10.8. The van der Waals surface area contributed by atoms with Crippen LogP contribution in [0.3, 0.4) is 0 Å². The number of hydrogen-bond donors (Lipinski definition) is 1. The van der Waals surface area contributed by atoms with Crippen LogP contribution in [-0.4, -0.2) is 86.3 Å². The topological polar surface area (TPSA) is 32.9 Å². The molecule has 4 rings (SSSR count). The van der Waals surface area contributed by atoms with Crippen molar-refractivity contribution in [3.63, 3.8) is 0 Å². The Morgan fingerprint density at radius 2 is 1.39 bits per heavy atom. The Morgan fingerprint density at radius 3 is 1.87 bits per heavy atom. The monoisotopic (exact) mass is 437 g/mol. The molecule has 0 saturated carbocycles. The maximum absolute atomic E-state index is 5.50. The highest BCUT2D eigenvalue weighted by molar-refractivity contribution is 7.02. The van der Waals surface area contributed by atoms with Gasteiger partial charge in [0, 0.05) is 63.8 Å². The molecule has 0 spiro atoms. The highest BCUT2D eigenvalue weighted by Gasteiger charge is 2.40. The van der Waals surface area contributed by atoms with E-state index in [1.807, 2.05) is 0 Å². The van der Waals surface area contributed by atoms with Gasteiger partial charge in [-0.25, -0.2) is 4.99 Å². The van der Waals surface area contributed by atoms with Gasteiger partial charge in [0.2, 0.25) is 5.71 Å². The van der Waals surface area contributed by atoms with E-state index in [9.17, 15) is 0 Å². The summed E-state index contributed by atoms with van der Waals surface area (Å²) in [6.07, 6.45) is 0. The fourth-order valence-electron chi connectivity index (χ4n) is 4.74. The summed E-state index contributed by atoms with van der Waals surface area (Å²) >= 11 is 0. The Balaban J connectivity index is 1.78. The zero-order chi connectivity index (χ0) is 22.2. The number of fused-ring (bicyclic) bond motifs is 2. The first-order valence-corrected chi connectivity index (χ1v) is 14.3. The van der Waals surface area contributed by atoms with Crippen LogP contribution in [0.5, 0.6) is 0 Å². The van der Waals surface area contributed by atoms with Gasteiger partial charge < -0.3 is 14.5 Å². The maximum atomic E-state index is 5.50. The Bertz CT molecular complexity index is 914. The van der Waals surface area contributed by atoms with Gasteiger partial charge in [-0.15, -0.1) is 0 Å². The van der Waals surface area contributed by atoms with Crippen molar-refractivity contribution in [1.82, 2.24) is 4.90 Å². The molecule has 2 aliphatic rings. The van der Waals surface area contributed by atoms with Gasteiger partial charge in [-0.1, -0.05) is 13.1 Å². The van der Waals surface area contributed by atoms with Crippen LogP contribution < -0.4 is 25.2 Å². The van der Waals surface area contributed by atoms with E-state index in [1.165, 1.54) is 38.6 Å². The molecule has 31 heavy (non-hydrogen) atoms. The molecule has 0 atom stereocenters. The number of nitrogens with zero attached hydrogens (tertiary/aromatic N) is 3. The van der Waals surface area contributed by atoms with Crippen LogP contribution in [0, 0.1) is 0 Å². The quantitative estimate of drug-likeness (QED) is 0.678. The Kier molecular flexibility index (Phi) is 6.24. The van der Waals surface area contributed by atoms with Crippen LogP contribution in [-0.2, 0) is 4.74 Å². The largest absolute Gasteiger partial charge is 0.379 e. The minimum Gasteiger partial charge on any atom is -0.379 e. The van der Waals surface area contributed by atoms with Crippen LogP contribution in [0.2, 0.25) is 13.1 Å². The standard InChI is InChI=1S/C25H36N4OSi/c1-27(2)19-7-9-21-23(17-19)31(5,6)24-18-20(28(3)4)8-10-22(24)25(21)26-11-12-29-13-15-30-16-14-29/h7-10,17-18H,11-16H2,1-6H3/p+1. The van der Waals surface area contributed by atoms with Crippen molar-refractivity contribution in [3.05, 3.63) is 47.5 Å². The van der Waals surface area contributed by atoms with Crippen LogP contribution in [0.25, 0.3) is 0 Å². The lowest BCUT2D eigenvalue weighted by molar-refractivity contribution is -0.456. The molecule has 5 nitrogen and oxygen atoms in total. The molecule has 0 unspecified atom stereocenters. The molecule has 1 saturated heterocycles. The van der Waals surface area contributed by atoms with E-state index >= 15 is 0 Å². The zero-order valence-corrected chi connectivity index (χ0v) is 21.0.